The molecule has 15 heavy (non-hydrogen) atoms. The van der Waals surface area contributed by atoms with Gasteiger partial charge in [0, 0.05) is 26.3 Å². The van der Waals surface area contributed by atoms with Gasteiger partial charge >= 0.3 is 0 Å². The second-order valence-electron chi connectivity index (χ2n) is 3.85. The molecule has 1 aliphatic heterocycles. The second kappa shape index (κ2) is 4.23. The summed E-state index contributed by atoms with van der Waals surface area (Å²) in [6.07, 6.45) is 5.02. The largest absolute Gasteiger partial charge is 0.352 e. The quantitative estimate of drug-likeness (QED) is 0.729. The molecule has 0 amide bonds. The van der Waals surface area contributed by atoms with Gasteiger partial charge in [0.25, 0.3) is 5.56 Å². The van der Waals surface area contributed by atoms with Crippen molar-refractivity contribution < 1.29 is 0 Å². The fraction of sp³-hybridized carbons (Fsp3) is 0.600. The van der Waals surface area contributed by atoms with Crippen LogP contribution in [-0.4, -0.2) is 22.6 Å². The van der Waals surface area contributed by atoms with E-state index in [1.54, 1.807) is 7.05 Å². The minimum Gasteiger partial charge on any atom is -0.352 e. The Balaban J connectivity index is 2.38. The number of hydrogen-bond donors (Lipinski definition) is 0. The van der Waals surface area contributed by atoms with Gasteiger partial charge in [-0.05, 0) is 19.3 Å². The maximum absolute atomic E-state index is 11.8. The maximum Gasteiger partial charge on any atom is 0.293 e. The van der Waals surface area contributed by atoms with Gasteiger partial charge in [-0.15, -0.1) is 0 Å². The Morgan fingerprint density at radius 1 is 1.33 bits per heavy atom. The first kappa shape index (κ1) is 10.5. The molecule has 2 rings (SSSR count). The van der Waals surface area contributed by atoms with Gasteiger partial charge in [-0.2, -0.15) is 0 Å². The average molecular weight is 228 g/mol. The van der Waals surface area contributed by atoms with E-state index in [4.69, 9.17) is 11.6 Å². The number of rotatable bonds is 1. The zero-order valence-electron chi connectivity index (χ0n) is 8.74. The molecule has 1 fully saturated rings. The molecule has 0 atom stereocenters. The number of nitrogens with zero attached hydrogens (tertiary/aromatic N) is 3. The van der Waals surface area contributed by atoms with Crippen molar-refractivity contribution in [3.05, 3.63) is 21.7 Å². The molecule has 0 spiro atoms. The van der Waals surface area contributed by atoms with Gasteiger partial charge in [0.2, 0.25) is 0 Å². The van der Waals surface area contributed by atoms with Gasteiger partial charge in [-0.3, -0.25) is 4.79 Å². The Kier molecular flexibility index (Phi) is 2.95. The highest BCUT2D eigenvalue weighted by Gasteiger charge is 2.16. The molecule has 0 bridgehead atoms. The predicted molar refractivity (Wildman–Crippen MR) is 60.6 cm³/mol. The molecule has 0 unspecified atom stereocenters. The van der Waals surface area contributed by atoms with Crippen LogP contribution in [0.15, 0.2) is 11.0 Å². The molecule has 0 radical (unpaired) electrons. The molecule has 0 aromatic carbocycles. The molecule has 1 saturated heterocycles. The Labute approximate surface area is 93.5 Å². The number of anilines is 1. The minimum atomic E-state index is -0.0682. The molecule has 0 aliphatic carbocycles. The summed E-state index contributed by atoms with van der Waals surface area (Å²) >= 11 is 5.84. The fourth-order valence-corrected chi connectivity index (χ4v) is 2.09. The molecular formula is C10H14ClN3O. The van der Waals surface area contributed by atoms with Crippen LogP contribution in [0, 0.1) is 0 Å². The van der Waals surface area contributed by atoms with Crippen LogP contribution >= 0.6 is 11.6 Å². The lowest BCUT2D eigenvalue weighted by Gasteiger charge is -2.27. The van der Waals surface area contributed by atoms with E-state index in [2.05, 4.69) is 4.98 Å². The van der Waals surface area contributed by atoms with Crippen molar-refractivity contribution in [2.24, 2.45) is 7.05 Å². The first-order chi connectivity index (χ1) is 7.18. The first-order valence-corrected chi connectivity index (χ1v) is 5.54. The highest BCUT2D eigenvalue weighted by molar-refractivity contribution is 6.29. The minimum absolute atomic E-state index is 0.0682. The Bertz CT molecular complexity index is 410. The smallest absolute Gasteiger partial charge is 0.293 e. The molecule has 5 heteroatoms. The van der Waals surface area contributed by atoms with Crippen molar-refractivity contribution in [3.8, 4) is 0 Å². The SMILES string of the molecule is Cn1cc(Cl)nc(N2CCCCC2)c1=O. The Morgan fingerprint density at radius 2 is 2.00 bits per heavy atom. The fourth-order valence-electron chi connectivity index (χ4n) is 1.87. The van der Waals surface area contributed by atoms with Crippen LogP contribution in [0.25, 0.3) is 0 Å². The molecule has 4 nitrogen and oxygen atoms in total. The molecule has 2 heterocycles. The maximum atomic E-state index is 11.8. The summed E-state index contributed by atoms with van der Waals surface area (Å²) in [5.41, 5.74) is -0.0682. The van der Waals surface area contributed by atoms with Gasteiger partial charge in [-0.1, -0.05) is 11.6 Å². The number of aromatic nitrogens is 2. The lowest BCUT2D eigenvalue weighted by Crippen LogP contribution is -2.36. The standard InChI is InChI=1S/C10H14ClN3O/c1-13-7-8(11)12-9(10(13)15)14-5-3-2-4-6-14/h7H,2-6H2,1H3. The summed E-state index contributed by atoms with van der Waals surface area (Å²) < 4.78 is 1.49. The lowest BCUT2D eigenvalue weighted by atomic mass is 10.1. The van der Waals surface area contributed by atoms with Crippen LogP contribution in [-0.2, 0) is 7.05 Å². The highest BCUT2D eigenvalue weighted by atomic mass is 35.5. The van der Waals surface area contributed by atoms with Crippen molar-refractivity contribution in [2.45, 2.75) is 19.3 Å². The van der Waals surface area contributed by atoms with E-state index < -0.39 is 0 Å². The van der Waals surface area contributed by atoms with E-state index in [0.29, 0.717) is 11.0 Å². The third-order valence-electron chi connectivity index (χ3n) is 2.68. The van der Waals surface area contributed by atoms with Gasteiger partial charge in [-0.25, -0.2) is 4.98 Å². The zero-order chi connectivity index (χ0) is 10.8. The summed E-state index contributed by atoms with van der Waals surface area (Å²) in [6, 6.07) is 0. The van der Waals surface area contributed by atoms with Crippen LogP contribution in [0.1, 0.15) is 19.3 Å². The number of piperidine rings is 1. The van der Waals surface area contributed by atoms with Crippen molar-refractivity contribution in [2.75, 3.05) is 18.0 Å². The van der Waals surface area contributed by atoms with Crippen LogP contribution in [0.3, 0.4) is 0 Å². The van der Waals surface area contributed by atoms with Crippen molar-refractivity contribution in [1.29, 1.82) is 0 Å². The van der Waals surface area contributed by atoms with Crippen molar-refractivity contribution in [3.63, 3.8) is 0 Å². The number of hydrogen-bond acceptors (Lipinski definition) is 3. The second-order valence-corrected chi connectivity index (χ2v) is 4.24. The summed E-state index contributed by atoms with van der Waals surface area (Å²) in [4.78, 5) is 18.0. The lowest BCUT2D eigenvalue weighted by molar-refractivity contribution is 0.569. The molecule has 1 aromatic heterocycles. The molecule has 1 aromatic rings. The van der Waals surface area contributed by atoms with E-state index in [0.717, 1.165) is 25.9 Å². The number of aryl methyl sites for hydroxylation is 1. The third kappa shape index (κ3) is 2.15. The van der Waals surface area contributed by atoms with Crippen LogP contribution in [0.2, 0.25) is 5.15 Å². The summed E-state index contributed by atoms with van der Waals surface area (Å²) in [7, 11) is 1.70. The summed E-state index contributed by atoms with van der Waals surface area (Å²) in [6.45, 7) is 1.81. The molecule has 1 aliphatic rings. The zero-order valence-corrected chi connectivity index (χ0v) is 9.50. The van der Waals surface area contributed by atoms with E-state index in [9.17, 15) is 4.79 Å². The van der Waals surface area contributed by atoms with E-state index in [-0.39, 0.29) is 5.56 Å². The van der Waals surface area contributed by atoms with Crippen molar-refractivity contribution >= 4 is 17.4 Å². The summed E-state index contributed by atoms with van der Waals surface area (Å²) in [5.74, 6) is 0.490. The topological polar surface area (TPSA) is 38.1 Å². The van der Waals surface area contributed by atoms with E-state index in [1.165, 1.54) is 17.2 Å². The summed E-state index contributed by atoms with van der Waals surface area (Å²) in [5, 5.41) is 0.373. The Morgan fingerprint density at radius 3 is 2.67 bits per heavy atom. The van der Waals surface area contributed by atoms with Gasteiger partial charge in [0.05, 0.1) is 0 Å². The van der Waals surface area contributed by atoms with E-state index in [1.807, 2.05) is 4.90 Å². The van der Waals surface area contributed by atoms with Gasteiger partial charge in [0.15, 0.2) is 5.82 Å². The van der Waals surface area contributed by atoms with Crippen molar-refractivity contribution in [1.82, 2.24) is 9.55 Å². The highest BCUT2D eigenvalue weighted by Crippen LogP contribution is 2.15. The van der Waals surface area contributed by atoms with Gasteiger partial charge < -0.3 is 9.47 Å². The molecule has 0 N–H and O–H groups in total. The molecule has 0 saturated carbocycles. The van der Waals surface area contributed by atoms with Gasteiger partial charge in [0.1, 0.15) is 5.15 Å². The Hall–Kier alpha value is -1.03. The van der Waals surface area contributed by atoms with E-state index >= 15 is 0 Å². The molecule has 82 valence electrons. The van der Waals surface area contributed by atoms with Crippen LogP contribution in [0.5, 0.6) is 0 Å². The molecular weight excluding hydrogens is 214 g/mol. The predicted octanol–water partition coefficient (Wildman–Crippen LogP) is 1.42. The van der Waals surface area contributed by atoms with Crippen LogP contribution in [0.4, 0.5) is 5.82 Å². The normalized spacial score (nSPS) is 16.8. The third-order valence-corrected chi connectivity index (χ3v) is 2.86. The average Bonchev–Trinajstić information content (AvgIpc) is 2.24. The monoisotopic (exact) mass is 227 g/mol. The number of halogens is 1. The van der Waals surface area contributed by atoms with Crippen LogP contribution < -0.4 is 10.5 Å². The first-order valence-electron chi connectivity index (χ1n) is 5.16.